The van der Waals surface area contributed by atoms with Crippen LogP contribution in [0.5, 0.6) is 11.5 Å². The average Bonchev–Trinajstić information content (AvgIpc) is 2.21. The number of rotatable bonds is 3. The fourth-order valence-corrected chi connectivity index (χ4v) is 1.43. The van der Waals surface area contributed by atoms with Crippen LogP contribution in [0, 0.1) is 27.2 Å². The molecule has 0 saturated carbocycles. The Kier molecular flexibility index (Phi) is 3.04. The predicted molar refractivity (Wildman–Crippen MR) is 54.8 cm³/mol. The Morgan fingerprint density at radius 2 is 1.50 bits per heavy atom. The first-order chi connectivity index (χ1) is 8.20. The van der Waals surface area contributed by atoms with Gasteiger partial charge in [-0.1, -0.05) is 0 Å². The number of hydrogen-bond donors (Lipinski definition) is 3. The minimum Gasteiger partial charge on any atom is -0.502 e. The van der Waals surface area contributed by atoms with E-state index in [-0.39, 0.29) is 0 Å². The van der Waals surface area contributed by atoms with Gasteiger partial charge in [0.25, 0.3) is 5.75 Å². The van der Waals surface area contributed by atoms with Gasteiger partial charge in [-0.05, 0) is 6.92 Å². The third kappa shape index (κ3) is 1.75. The van der Waals surface area contributed by atoms with Crippen molar-refractivity contribution in [2.24, 2.45) is 0 Å². The number of carbonyl (C=O) groups is 1. The highest BCUT2D eigenvalue weighted by Crippen LogP contribution is 2.47. The van der Waals surface area contributed by atoms with Gasteiger partial charge in [-0.15, -0.1) is 0 Å². The Labute approximate surface area is 98.0 Å². The van der Waals surface area contributed by atoms with Gasteiger partial charge in [0.05, 0.1) is 9.85 Å². The molecule has 0 aliphatic rings. The van der Waals surface area contributed by atoms with Gasteiger partial charge >= 0.3 is 17.3 Å². The standard InChI is InChI=1S/C8H6N2O8/c1-2-3(8(13)14)4(9(15)16)7(12)5(6(2)11)10(17)18/h11-12H,1H3,(H,13,14). The third-order valence-electron chi connectivity index (χ3n) is 2.22. The van der Waals surface area contributed by atoms with Gasteiger partial charge in [-0.2, -0.15) is 0 Å². The molecular weight excluding hydrogens is 252 g/mol. The van der Waals surface area contributed by atoms with Crippen LogP contribution in [-0.2, 0) is 0 Å². The maximum Gasteiger partial charge on any atom is 0.359 e. The summed E-state index contributed by atoms with van der Waals surface area (Å²) in [5.74, 6) is -4.41. The lowest BCUT2D eigenvalue weighted by Crippen LogP contribution is -2.07. The van der Waals surface area contributed by atoms with Gasteiger partial charge in [-0.3, -0.25) is 20.2 Å². The minimum absolute atomic E-state index is 0.571. The highest BCUT2D eigenvalue weighted by Gasteiger charge is 2.38. The molecule has 96 valence electrons. The summed E-state index contributed by atoms with van der Waals surface area (Å²) < 4.78 is 0. The molecule has 18 heavy (non-hydrogen) atoms. The number of carboxylic acids is 1. The molecule has 1 rings (SSSR count). The molecule has 0 saturated heterocycles. The average molecular weight is 258 g/mol. The lowest BCUT2D eigenvalue weighted by molar-refractivity contribution is -0.396. The zero-order valence-electron chi connectivity index (χ0n) is 8.78. The summed E-state index contributed by atoms with van der Waals surface area (Å²) in [4.78, 5) is 29.6. The molecule has 10 heteroatoms. The smallest absolute Gasteiger partial charge is 0.359 e. The van der Waals surface area contributed by atoms with E-state index in [9.17, 15) is 35.2 Å². The molecule has 0 aromatic heterocycles. The first-order valence-electron chi connectivity index (χ1n) is 4.30. The highest BCUT2D eigenvalue weighted by atomic mass is 16.6. The van der Waals surface area contributed by atoms with Crippen molar-refractivity contribution in [2.45, 2.75) is 6.92 Å². The second-order valence-electron chi connectivity index (χ2n) is 3.21. The van der Waals surface area contributed by atoms with Crippen LogP contribution < -0.4 is 0 Å². The molecule has 0 fully saturated rings. The molecule has 1 aromatic rings. The number of nitro groups is 2. The van der Waals surface area contributed by atoms with Crippen LogP contribution >= 0.6 is 0 Å². The number of hydrogen-bond acceptors (Lipinski definition) is 7. The first-order valence-corrected chi connectivity index (χ1v) is 4.30. The summed E-state index contributed by atoms with van der Waals surface area (Å²) in [6.07, 6.45) is 0. The third-order valence-corrected chi connectivity index (χ3v) is 2.22. The van der Waals surface area contributed by atoms with Crippen molar-refractivity contribution in [3.05, 3.63) is 31.4 Å². The molecule has 0 atom stereocenters. The molecule has 0 amide bonds. The van der Waals surface area contributed by atoms with Crippen LogP contribution in [-0.4, -0.2) is 31.1 Å². The predicted octanol–water partition coefficient (Wildman–Crippen LogP) is 0.921. The summed E-state index contributed by atoms with van der Waals surface area (Å²) in [6, 6.07) is 0. The molecule has 1 aromatic carbocycles. The first kappa shape index (κ1) is 13.2. The number of aromatic carboxylic acids is 1. The van der Waals surface area contributed by atoms with Crippen LogP contribution in [0.25, 0.3) is 0 Å². The molecule has 0 aliphatic carbocycles. The molecular formula is C8H6N2O8. The second-order valence-corrected chi connectivity index (χ2v) is 3.21. The van der Waals surface area contributed by atoms with Gasteiger partial charge in [-0.25, -0.2) is 4.79 Å². The maximum absolute atomic E-state index is 10.8. The number of nitro benzene ring substituents is 2. The second kappa shape index (κ2) is 4.16. The molecule has 0 spiro atoms. The molecule has 0 unspecified atom stereocenters. The van der Waals surface area contributed by atoms with E-state index in [1.165, 1.54) is 0 Å². The molecule has 3 N–H and O–H groups in total. The number of nitrogens with zero attached hydrogens (tertiary/aromatic N) is 2. The van der Waals surface area contributed by atoms with E-state index in [2.05, 4.69) is 0 Å². The number of benzene rings is 1. The Morgan fingerprint density at radius 1 is 1.06 bits per heavy atom. The van der Waals surface area contributed by atoms with Crippen LogP contribution in [0.3, 0.4) is 0 Å². The Hall–Kier alpha value is -2.91. The monoisotopic (exact) mass is 258 g/mol. The van der Waals surface area contributed by atoms with Crippen molar-refractivity contribution in [1.29, 1.82) is 0 Å². The quantitative estimate of drug-likeness (QED) is 0.531. The van der Waals surface area contributed by atoms with Gasteiger partial charge in [0.1, 0.15) is 5.56 Å². The maximum atomic E-state index is 10.8. The van der Waals surface area contributed by atoms with Gasteiger partial charge in [0, 0.05) is 5.56 Å². The lowest BCUT2D eigenvalue weighted by atomic mass is 10.0. The van der Waals surface area contributed by atoms with Crippen molar-refractivity contribution in [3.63, 3.8) is 0 Å². The van der Waals surface area contributed by atoms with E-state index >= 15 is 0 Å². The van der Waals surface area contributed by atoms with E-state index < -0.39 is 49.8 Å². The van der Waals surface area contributed by atoms with E-state index in [0.717, 1.165) is 6.92 Å². The Morgan fingerprint density at radius 3 is 1.83 bits per heavy atom. The largest absolute Gasteiger partial charge is 0.502 e. The Balaban J connectivity index is 3.94. The van der Waals surface area contributed by atoms with Crippen LogP contribution in [0.4, 0.5) is 11.4 Å². The number of phenols is 2. The number of aromatic hydroxyl groups is 2. The van der Waals surface area contributed by atoms with Gasteiger partial charge in [0.15, 0.2) is 0 Å². The van der Waals surface area contributed by atoms with Crippen LogP contribution in [0.15, 0.2) is 0 Å². The van der Waals surface area contributed by atoms with Crippen molar-refractivity contribution in [2.75, 3.05) is 0 Å². The topological polar surface area (TPSA) is 164 Å². The summed E-state index contributed by atoms with van der Waals surface area (Å²) >= 11 is 0. The summed E-state index contributed by atoms with van der Waals surface area (Å²) in [5.41, 5.74) is -4.20. The zero-order chi connectivity index (χ0) is 14.2. The van der Waals surface area contributed by atoms with Crippen molar-refractivity contribution >= 4 is 17.3 Å². The van der Waals surface area contributed by atoms with Crippen LogP contribution in [0.1, 0.15) is 15.9 Å². The fraction of sp³-hybridized carbons (Fsp3) is 0.125. The molecule has 0 bridgehead atoms. The fourth-order valence-electron chi connectivity index (χ4n) is 1.43. The Bertz CT molecular complexity index is 579. The highest BCUT2D eigenvalue weighted by molar-refractivity contribution is 5.98. The summed E-state index contributed by atoms with van der Waals surface area (Å²) in [5, 5.41) is 48.8. The molecule has 10 nitrogen and oxygen atoms in total. The zero-order valence-corrected chi connectivity index (χ0v) is 8.78. The summed E-state index contributed by atoms with van der Waals surface area (Å²) in [7, 11) is 0. The van der Waals surface area contributed by atoms with E-state index in [1.807, 2.05) is 0 Å². The normalized spacial score (nSPS) is 10.1. The van der Waals surface area contributed by atoms with E-state index in [1.54, 1.807) is 0 Å². The van der Waals surface area contributed by atoms with Gasteiger partial charge < -0.3 is 15.3 Å². The van der Waals surface area contributed by atoms with Crippen molar-refractivity contribution in [1.82, 2.24) is 0 Å². The van der Waals surface area contributed by atoms with Crippen molar-refractivity contribution in [3.8, 4) is 11.5 Å². The number of carboxylic acid groups (broad SMARTS) is 1. The van der Waals surface area contributed by atoms with E-state index in [0.29, 0.717) is 0 Å². The van der Waals surface area contributed by atoms with Crippen molar-refractivity contribution < 1.29 is 30.0 Å². The SMILES string of the molecule is Cc1c(O)c([N+](=O)[O-])c(O)c([N+](=O)[O-])c1C(=O)O. The molecule has 0 aliphatic heterocycles. The minimum atomic E-state index is -1.79. The molecule has 0 heterocycles. The van der Waals surface area contributed by atoms with Gasteiger partial charge in [0.2, 0.25) is 5.75 Å². The molecule has 0 radical (unpaired) electrons. The summed E-state index contributed by atoms with van der Waals surface area (Å²) in [6.45, 7) is 0.957. The van der Waals surface area contributed by atoms with E-state index in [4.69, 9.17) is 5.11 Å². The number of phenolic OH excluding ortho intramolecular Hbond substituents is 2. The lowest BCUT2D eigenvalue weighted by Gasteiger charge is -2.07. The van der Waals surface area contributed by atoms with Crippen LogP contribution in [0.2, 0.25) is 0 Å².